The standard InChI is InChI=1S/C19H21NO3S/c1-13-8-10-15(11-9-13)12-20(3)18(21)16-6-4-5-7-17(16)24-14(2)19(22)23/h4-11,14H,12H2,1-3H3,(H,22,23). The Hall–Kier alpha value is -2.27. The molecule has 0 saturated heterocycles. The molecule has 126 valence electrons. The number of benzene rings is 2. The van der Waals surface area contributed by atoms with E-state index in [1.807, 2.05) is 37.3 Å². The van der Waals surface area contributed by atoms with Gasteiger partial charge in [0.15, 0.2) is 0 Å². The molecule has 5 heteroatoms. The fourth-order valence-electron chi connectivity index (χ4n) is 2.23. The SMILES string of the molecule is Cc1ccc(CN(C)C(=O)c2ccccc2SC(C)C(=O)O)cc1. The Bertz CT molecular complexity index is 728. The number of hydrogen-bond acceptors (Lipinski definition) is 3. The van der Waals surface area contributed by atoms with E-state index in [9.17, 15) is 9.59 Å². The average molecular weight is 343 g/mol. The van der Waals surface area contributed by atoms with E-state index in [0.29, 0.717) is 17.0 Å². The molecule has 1 amide bonds. The first-order valence-corrected chi connectivity index (χ1v) is 8.56. The molecule has 0 spiro atoms. The van der Waals surface area contributed by atoms with Crippen LogP contribution in [0.4, 0.5) is 0 Å². The van der Waals surface area contributed by atoms with Gasteiger partial charge >= 0.3 is 5.97 Å². The number of nitrogens with zero attached hydrogens (tertiary/aromatic N) is 1. The lowest BCUT2D eigenvalue weighted by molar-refractivity contribution is -0.136. The Kier molecular flexibility index (Phi) is 6.04. The molecule has 0 bridgehead atoms. The number of rotatable bonds is 6. The molecule has 1 atom stereocenters. The highest BCUT2D eigenvalue weighted by molar-refractivity contribution is 8.00. The van der Waals surface area contributed by atoms with E-state index in [-0.39, 0.29) is 5.91 Å². The van der Waals surface area contributed by atoms with Crippen LogP contribution in [-0.2, 0) is 11.3 Å². The van der Waals surface area contributed by atoms with E-state index in [4.69, 9.17) is 5.11 Å². The number of carboxylic acids is 1. The maximum atomic E-state index is 12.8. The molecule has 24 heavy (non-hydrogen) atoms. The quantitative estimate of drug-likeness (QED) is 0.810. The van der Waals surface area contributed by atoms with Crippen LogP contribution in [0.2, 0.25) is 0 Å². The molecule has 1 unspecified atom stereocenters. The number of aliphatic carboxylic acids is 1. The van der Waals surface area contributed by atoms with E-state index >= 15 is 0 Å². The number of hydrogen-bond donors (Lipinski definition) is 1. The number of thioether (sulfide) groups is 1. The van der Waals surface area contributed by atoms with Crippen molar-refractivity contribution in [1.29, 1.82) is 0 Å². The minimum Gasteiger partial charge on any atom is -0.480 e. The maximum Gasteiger partial charge on any atom is 0.316 e. The summed E-state index contributed by atoms with van der Waals surface area (Å²) in [5.41, 5.74) is 2.77. The van der Waals surface area contributed by atoms with Gasteiger partial charge in [0, 0.05) is 18.5 Å². The first kappa shape index (κ1) is 18.1. The van der Waals surface area contributed by atoms with Gasteiger partial charge in [0.25, 0.3) is 5.91 Å². The van der Waals surface area contributed by atoms with Crippen molar-refractivity contribution < 1.29 is 14.7 Å². The first-order chi connectivity index (χ1) is 11.4. The summed E-state index contributed by atoms with van der Waals surface area (Å²) in [5.74, 6) is -1.01. The predicted molar refractivity (Wildman–Crippen MR) is 96.4 cm³/mol. The van der Waals surface area contributed by atoms with E-state index in [1.165, 1.54) is 17.3 Å². The molecule has 1 N–H and O–H groups in total. The third-order valence-electron chi connectivity index (χ3n) is 3.66. The van der Waals surface area contributed by atoms with Crippen LogP contribution in [0.1, 0.15) is 28.4 Å². The number of aryl methyl sites for hydroxylation is 1. The Morgan fingerprint density at radius 3 is 2.38 bits per heavy atom. The van der Waals surface area contributed by atoms with Gasteiger partial charge in [-0.3, -0.25) is 9.59 Å². The third-order valence-corrected chi connectivity index (χ3v) is 4.82. The molecule has 0 aliphatic carbocycles. The molecule has 0 aliphatic heterocycles. The Labute approximate surface area is 146 Å². The first-order valence-electron chi connectivity index (χ1n) is 7.68. The zero-order valence-corrected chi connectivity index (χ0v) is 14.8. The van der Waals surface area contributed by atoms with Gasteiger partial charge in [-0.2, -0.15) is 0 Å². The van der Waals surface area contributed by atoms with Crippen molar-refractivity contribution in [1.82, 2.24) is 4.90 Å². The fourth-order valence-corrected chi connectivity index (χ4v) is 3.15. The summed E-state index contributed by atoms with van der Waals surface area (Å²) >= 11 is 1.19. The second-order valence-electron chi connectivity index (χ2n) is 5.74. The molecule has 2 rings (SSSR count). The topological polar surface area (TPSA) is 57.6 Å². The van der Waals surface area contributed by atoms with Crippen molar-refractivity contribution in [2.75, 3.05) is 7.05 Å². The van der Waals surface area contributed by atoms with Crippen molar-refractivity contribution >= 4 is 23.6 Å². The maximum absolute atomic E-state index is 12.8. The van der Waals surface area contributed by atoms with Crippen LogP contribution in [0, 0.1) is 6.92 Å². The highest BCUT2D eigenvalue weighted by Crippen LogP contribution is 2.28. The van der Waals surface area contributed by atoms with Gasteiger partial charge in [0.05, 0.1) is 5.56 Å². The highest BCUT2D eigenvalue weighted by Gasteiger charge is 2.20. The molecule has 4 nitrogen and oxygen atoms in total. The predicted octanol–water partition coefficient (Wildman–Crippen LogP) is 3.83. The number of carbonyl (C=O) groups excluding carboxylic acids is 1. The summed E-state index contributed by atoms with van der Waals surface area (Å²) in [7, 11) is 1.75. The Morgan fingerprint density at radius 2 is 1.75 bits per heavy atom. The molecular weight excluding hydrogens is 322 g/mol. The van der Waals surface area contributed by atoms with E-state index in [0.717, 1.165) is 5.56 Å². The van der Waals surface area contributed by atoms with Gasteiger partial charge in [-0.15, -0.1) is 11.8 Å². The molecule has 0 heterocycles. The van der Waals surface area contributed by atoms with Gasteiger partial charge in [0.1, 0.15) is 5.25 Å². The van der Waals surface area contributed by atoms with Gasteiger partial charge in [0.2, 0.25) is 0 Å². The lowest BCUT2D eigenvalue weighted by Crippen LogP contribution is -2.27. The van der Waals surface area contributed by atoms with Crippen molar-refractivity contribution in [3.63, 3.8) is 0 Å². The smallest absolute Gasteiger partial charge is 0.316 e. The summed E-state index contributed by atoms with van der Waals surface area (Å²) in [6.07, 6.45) is 0. The second kappa shape index (κ2) is 8.02. The Balaban J connectivity index is 2.16. The van der Waals surface area contributed by atoms with Crippen LogP contribution in [0.3, 0.4) is 0 Å². The third kappa shape index (κ3) is 4.61. The minimum atomic E-state index is -0.893. The summed E-state index contributed by atoms with van der Waals surface area (Å²) in [6, 6.07) is 15.2. The zero-order chi connectivity index (χ0) is 17.7. The van der Waals surface area contributed by atoms with Gasteiger partial charge < -0.3 is 10.0 Å². The summed E-state index contributed by atoms with van der Waals surface area (Å²) in [4.78, 5) is 26.2. The van der Waals surface area contributed by atoms with Gasteiger partial charge in [-0.05, 0) is 31.5 Å². The molecule has 0 fully saturated rings. The van der Waals surface area contributed by atoms with Crippen LogP contribution in [0.5, 0.6) is 0 Å². The summed E-state index contributed by atoms with van der Waals surface area (Å²) in [5, 5.41) is 8.47. The second-order valence-corrected chi connectivity index (χ2v) is 7.12. The molecular formula is C19H21NO3S. The molecule has 2 aromatic carbocycles. The highest BCUT2D eigenvalue weighted by atomic mass is 32.2. The normalized spacial score (nSPS) is 11.8. The molecule has 2 aromatic rings. The van der Waals surface area contributed by atoms with Gasteiger partial charge in [-0.25, -0.2) is 0 Å². The number of carboxylic acid groups (broad SMARTS) is 1. The molecule has 0 aromatic heterocycles. The number of carbonyl (C=O) groups is 2. The van der Waals surface area contributed by atoms with E-state index in [2.05, 4.69) is 0 Å². The van der Waals surface area contributed by atoms with Crippen LogP contribution in [-0.4, -0.2) is 34.2 Å². The van der Waals surface area contributed by atoms with Crippen LogP contribution in [0.25, 0.3) is 0 Å². The number of amides is 1. The van der Waals surface area contributed by atoms with Crippen LogP contribution < -0.4 is 0 Å². The van der Waals surface area contributed by atoms with Gasteiger partial charge in [-0.1, -0.05) is 42.0 Å². The summed E-state index contributed by atoms with van der Waals surface area (Å²) < 4.78 is 0. The van der Waals surface area contributed by atoms with Crippen molar-refractivity contribution in [3.05, 3.63) is 65.2 Å². The largest absolute Gasteiger partial charge is 0.480 e. The molecule has 0 saturated carbocycles. The summed E-state index contributed by atoms with van der Waals surface area (Å²) in [6.45, 7) is 4.15. The monoisotopic (exact) mass is 343 g/mol. The van der Waals surface area contributed by atoms with Crippen molar-refractivity contribution in [2.45, 2.75) is 30.5 Å². The molecule has 0 radical (unpaired) electrons. The lowest BCUT2D eigenvalue weighted by atomic mass is 10.1. The Morgan fingerprint density at radius 1 is 1.12 bits per heavy atom. The zero-order valence-electron chi connectivity index (χ0n) is 14.0. The fraction of sp³-hybridized carbons (Fsp3) is 0.263. The van der Waals surface area contributed by atoms with Crippen LogP contribution in [0.15, 0.2) is 53.4 Å². The molecule has 0 aliphatic rings. The van der Waals surface area contributed by atoms with Crippen LogP contribution >= 0.6 is 11.8 Å². The van der Waals surface area contributed by atoms with Crippen molar-refractivity contribution in [2.24, 2.45) is 0 Å². The van der Waals surface area contributed by atoms with E-state index < -0.39 is 11.2 Å². The average Bonchev–Trinajstić information content (AvgIpc) is 2.56. The lowest BCUT2D eigenvalue weighted by Gasteiger charge is -2.19. The van der Waals surface area contributed by atoms with E-state index in [1.54, 1.807) is 37.1 Å². The van der Waals surface area contributed by atoms with Crippen molar-refractivity contribution in [3.8, 4) is 0 Å². The minimum absolute atomic E-state index is 0.115.